The Labute approximate surface area is 129 Å². The molecule has 0 aliphatic heterocycles. The van der Waals surface area contributed by atoms with Crippen LogP contribution in [0, 0.1) is 0 Å². The number of carbonyl (C=O) groups is 1. The van der Waals surface area contributed by atoms with Crippen molar-refractivity contribution in [2.45, 2.75) is 18.1 Å². The van der Waals surface area contributed by atoms with E-state index < -0.39 is 0 Å². The fourth-order valence-electron chi connectivity index (χ4n) is 1.64. The minimum Gasteiger partial charge on any atom is -0.368 e. The minimum atomic E-state index is -0.0818. The lowest BCUT2D eigenvalue weighted by Gasteiger charge is -2.15. The lowest BCUT2D eigenvalue weighted by Crippen LogP contribution is -2.28. The van der Waals surface area contributed by atoms with Crippen LogP contribution in [0.4, 0.5) is 5.95 Å². The van der Waals surface area contributed by atoms with Gasteiger partial charge in [0.1, 0.15) is 0 Å². The van der Waals surface area contributed by atoms with Crippen molar-refractivity contribution in [1.82, 2.24) is 20.5 Å². The fourth-order valence-corrected chi connectivity index (χ4v) is 2.88. The van der Waals surface area contributed by atoms with E-state index in [4.69, 9.17) is 5.73 Å². The van der Waals surface area contributed by atoms with Gasteiger partial charge in [-0.25, -0.2) is 5.10 Å². The van der Waals surface area contributed by atoms with Gasteiger partial charge < -0.3 is 11.1 Å². The van der Waals surface area contributed by atoms with Crippen molar-refractivity contribution in [3.63, 3.8) is 0 Å². The van der Waals surface area contributed by atoms with Crippen LogP contribution in [-0.4, -0.2) is 26.8 Å². The molecule has 0 saturated carbocycles. The first-order valence-corrected chi connectivity index (χ1v) is 7.68. The number of halogens is 1. The number of hydrogen-bond donors (Lipinski definition) is 3. The Kier molecular flexibility index (Phi) is 5.02. The van der Waals surface area contributed by atoms with Gasteiger partial charge in [0.15, 0.2) is 0 Å². The van der Waals surface area contributed by atoms with Crippen molar-refractivity contribution in [1.29, 1.82) is 0 Å². The molecule has 0 aliphatic carbocycles. The van der Waals surface area contributed by atoms with E-state index in [1.807, 2.05) is 31.2 Å². The summed E-state index contributed by atoms with van der Waals surface area (Å²) in [5.41, 5.74) is 6.45. The van der Waals surface area contributed by atoms with Gasteiger partial charge in [-0.1, -0.05) is 45.9 Å². The molecule has 0 radical (unpaired) electrons. The number of nitrogen functional groups attached to an aromatic ring is 1. The maximum Gasteiger partial charge on any atom is 0.230 e. The normalized spacial score (nSPS) is 12.1. The van der Waals surface area contributed by atoms with Crippen LogP contribution in [0.2, 0.25) is 0 Å². The largest absolute Gasteiger partial charge is 0.368 e. The summed E-state index contributed by atoms with van der Waals surface area (Å²) in [6.07, 6.45) is 0. The molecule has 1 amide bonds. The zero-order valence-corrected chi connectivity index (χ0v) is 13.2. The van der Waals surface area contributed by atoms with E-state index in [9.17, 15) is 4.79 Å². The van der Waals surface area contributed by atoms with E-state index in [2.05, 4.69) is 36.4 Å². The second-order valence-corrected chi connectivity index (χ2v) is 5.90. The molecule has 0 aliphatic rings. The zero-order valence-electron chi connectivity index (χ0n) is 10.8. The van der Waals surface area contributed by atoms with Crippen molar-refractivity contribution in [2.24, 2.45) is 0 Å². The lowest BCUT2D eigenvalue weighted by molar-refractivity contribution is -0.119. The molecule has 8 heteroatoms. The third-order valence-corrected chi connectivity index (χ3v) is 4.13. The van der Waals surface area contributed by atoms with E-state index >= 15 is 0 Å². The van der Waals surface area contributed by atoms with Crippen LogP contribution in [0.1, 0.15) is 18.5 Å². The predicted molar refractivity (Wildman–Crippen MR) is 82.2 cm³/mol. The number of benzene rings is 1. The highest BCUT2D eigenvalue weighted by molar-refractivity contribution is 9.10. The molecule has 1 aromatic heterocycles. The number of aromatic nitrogens is 3. The van der Waals surface area contributed by atoms with Crippen molar-refractivity contribution in [3.05, 3.63) is 34.3 Å². The first-order valence-electron chi connectivity index (χ1n) is 5.90. The average molecular weight is 356 g/mol. The second-order valence-electron chi connectivity index (χ2n) is 4.10. The Morgan fingerprint density at radius 1 is 1.55 bits per heavy atom. The van der Waals surface area contributed by atoms with Gasteiger partial charge in [-0.2, -0.15) is 4.98 Å². The predicted octanol–water partition coefficient (Wildman–Crippen LogP) is 2.12. The number of thioether (sulfide) groups is 1. The van der Waals surface area contributed by atoms with Gasteiger partial charge in [0.05, 0.1) is 11.8 Å². The summed E-state index contributed by atoms with van der Waals surface area (Å²) < 4.78 is 0.974. The highest BCUT2D eigenvalue weighted by Gasteiger charge is 2.13. The number of rotatable bonds is 5. The van der Waals surface area contributed by atoms with E-state index in [1.54, 1.807) is 0 Å². The Hall–Kier alpha value is -1.54. The maximum absolute atomic E-state index is 11.9. The number of carbonyl (C=O) groups excluding carboxylic acids is 1. The molecule has 106 valence electrons. The molecule has 1 heterocycles. The monoisotopic (exact) mass is 355 g/mol. The SMILES string of the molecule is C[C@@H](NC(=O)CSc1n[nH]c(N)n1)c1ccccc1Br. The summed E-state index contributed by atoms with van der Waals surface area (Å²) in [7, 11) is 0. The van der Waals surface area contributed by atoms with Crippen LogP contribution in [0.15, 0.2) is 33.9 Å². The summed E-state index contributed by atoms with van der Waals surface area (Å²) in [5.74, 6) is 0.405. The molecule has 0 bridgehead atoms. The Balaban J connectivity index is 1.87. The molecule has 2 aromatic rings. The van der Waals surface area contributed by atoms with Crippen LogP contribution in [-0.2, 0) is 4.79 Å². The first kappa shape index (κ1) is 14.9. The van der Waals surface area contributed by atoms with Crippen molar-refractivity contribution < 1.29 is 4.79 Å². The average Bonchev–Trinajstić information content (AvgIpc) is 2.82. The Morgan fingerprint density at radius 2 is 2.30 bits per heavy atom. The Bertz CT molecular complexity index is 603. The summed E-state index contributed by atoms with van der Waals surface area (Å²) in [6.45, 7) is 1.94. The van der Waals surface area contributed by atoms with Crippen LogP contribution in [0.3, 0.4) is 0 Å². The summed E-state index contributed by atoms with van der Waals surface area (Å²) >= 11 is 4.70. The number of nitrogens with zero attached hydrogens (tertiary/aromatic N) is 2. The number of H-pyrrole nitrogens is 1. The number of nitrogens with two attached hydrogens (primary N) is 1. The van der Waals surface area contributed by atoms with Crippen LogP contribution in [0.5, 0.6) is 0 Å². The standard InChI is InChI=1S/C12H14BrN5OS/c1-7(8-4-2-3-5-9(8)13)15-10(19)6-20-12-16-11(14)17-18-12/h2-5,7H,6H2,1H3,(H,15,19)(H3,14,16,17,18)/t7-/m1/s1. The minimum absolute atomic E-state index is 0.0733. The number of nitrogens with one attached hydrogen (secondary N) is 2. The third-order valence-electron chi connectivity index (χ3n) is 2.56. The van der Waals surface area contributed by atoms with Gasteiger partial charge in [0.25, 0.3) is 0 Å². The molecule has 20 heavy (non-hydrogen) atoms. The molecule has 0 unspecified atom stereocenters. The number of aromatic amines is 1. The fraction of sp³-hybridized carbons (Fsp3) is 0.250. The maximum atomic E-state index is 11.9. The molecule has 0 fully saturated rings. The summed E-state index contributed by atoms with van der Waals surface area (Å²) in [6, 6.07) is 7.72. The first-order chi connectivity index (χ1) is 9.56. The molecule has 4 N–H and O–H groups in total. The third kappa shape index (κ3) is 3.97. The molecule has 6 nitrogen and oxygen atoms in total. The number of amides is 1. The van der Waals surface area contributed by atoms with E-state index in [-0.39, 0.29) is 23.7 Å². The van der Waals surface area contributed by atoms with Gasteiger partial charge in [-0.05, 0) is 18.6 Å². The lowest BCUT2D eigenvalue weighted by atomic mass is 10.1. The van der Waals surface area contributed by atoms with E-state index in [0.717, 1.165) is 10.0 Å². The highest BCUT2D eigenvalue weighted by Crippen LogP contribution is 2.23. The topological polar surface area (TPSA) is 96.7 Å². The molecular weight excluding hydrogens is 342 g/mol. The second kappa shape index (κ2) is 6.76. The molecule has 2 rings (SSSR count). The number of hydrogen-bond acceptors (Lipinski definition) is 5. The van der Waals surface area contributed by atoms with Crippen molar-refractivity contribution >= 4 is 39.5 Å². The molecular formula is C12H14BrN5OS. The van der Waals surface area contributed by atoms with E-state index in [1.165, 1.54) is 11.8 Å². The summed E-state index contributed by atoms with van der Waals surface area (Å²) in [4.78, 5) is 15.8. The van der Waals surface area contributed by atoms with Gasteiger partial charge in [-0.3, -0.25) is 4.79 Å². The van der Waals surface area contributed by atoms with Crippen molar-refractivity contribution in [3.8, 4) is 0 Å². The van der Waals surface area contributed by atoms with Gasteiger partial charge in [0, 0.05) is 4.47 Å². The van der Waals surface area contributed by atoms with Gasteiger partial charge in [-0.15, -0.1) is 5.10 Å². The smallest absolute Gasteiger partial charge is 0.230 e. The zero-order chi connectivity index (χ0) is 14.5. The van der Waals surface area contributed by atoms with Crippen LogP contribution in [0.25, 0.3) is 0 Å². The molecule has 0 saturated heterocycles. The van der Waals surface area contributed by atoms with Gasteiger partial charge in [0.2, 0.25) is 17.0 Å². The molecule has 1 aromatic carbocycles. The van der Waals surface area contributed by atoms with Crippen molar-refractivity contribution in [2.75, 3.05) is 11.5 Å². The molecule has 1 atom stereocenters. The highest BCUT2D eigenvalue weighted by atomic mass is 79.9. The molecule has 0 spiro atoms. The van der Waals surface area contributed by atoms with Crippen LogP contribution >= 0.6 is 27.7 Å². The Morgan fingerprint density at radius 3 is 2.95 bits per heavy atom. The summed E-state index contributed by atoms with van der Waals surface area (Å²) in [5, 5.41) is 9.77. The van der Waals surface area contributed by atoms with E-state index in [0.29, 0.717) is 5.16 Å². The number of anilines is 1. The quantitative estimate of drug-likeness (QED) is 0.713. The van der Waals surface area contributed by atoms with Gasteiger partial charge >= 0.3 is 0 Å². The van der Waals surface area contributed by atoms with Crippen LogP contribution < -0.4 is 11.1 Å².